The Balaban J connectivity index is 4.46. The van der Waals surface area contributed by atoms with Gasteiger partial charge in [0.1, 0.15) is 0 Å². The van der Waals surface area contributed by atoms with Gasteiger partial charge < -0.3 is 16.4 Å². The maximum Gasteiger partial charge on any atom is 0.237 e. The summed E-state index contributed by atoms with van der Waals surface area (Å²) in [6, 6.07) is 0. The van der Waals surface area contributed by atoms with E-state index in [0.29, 0.717) is 25.4 Å². The van der Waals surface area contributed by atoms with Crippen LogP contribution in [0.3, 0.4) is 0 Å². The van der Waals surface area contributed by atoms with Crippen molar-refractivity contribution in [2.24, 2.45) is 23.3 Å². The SMILES string of the molecule is CCCCN(CC(N)=O)C(=O)CC(CN)CC(C)C. The van der Waals surface area contributed by atoms with Crippen LogP contribution in [0.5, 0.6) is 0 Å². The largest absolute Gasteiger partial charge is 0.368 e. The van der Waals surface area contributed by atoms with Gasteiger partial charge in [-0.3, -0.25) is 9.59 Å². The summed E-state index contributed by atoms with van der Waals surface area (Å²) in [7, 11) is 0. The monoisotopic (exact) mass is 271 g/mol. The Morgan fingerprint density at radius 3 is 2.32 bits per heavy atom. The van der Waals surface area contributed by atoms with Crippen molar-refractivity contribution in [2.75, 3.05) is 19.6 Å². The highest BCUT2D eigenvalue weighted by Gasteiger charge is 2.20. The molecule has 0 rings (SSSR count). The van der Waals surface area contributed by atoms with Gasteiger partial charge in [-0.15, -0.1) is 0 Å². The second-order valence-electron chi connectivity index (χ2n) is 5.57. The zero-order valence-electron chi connectivity index (χ0n) is 12.5. The summed E-state index contributed by atoms with van der Waals surface area (Å²) in [5.41, 5.74) is 10.9. The van der Waals surface area contributed by atoms with Crippen molar-refractivity contribution in [3.05, 3.63) is 0 Å². The van der Waals surface area contributed by atoms with Gasteiger partial charge >= 0.3 is 0 Å². The maximum atomic E-state index is 12.2. The molecule has 0 radical (unpaired) electrons. The Hall–Kier alpha value is -1.10. The van der Waals surface area contributed by atoms with Gasteiger partial charge in [-0.05, 0) is 31.2 Å². The molecule has 0 saturated carbocycles. The van der Waals surface area contributed by atoms with Crippen molar-refractivity contribution in [3.8, 4) is 0 Å². The van der Waals surface area contributed by atoms with E-state index >= 15 is 0 Å². The molecule has 0 aromatic rings. The molecule has 19 heavy (non-hydrogen) atoms. The lowest BCUT2D eigenvalue weighted by Crippen LogP contribution is -2.40. The van der Waals surface area contributed by atoms with Gasteiger partial charge in [-0.2, -0.15) is 0 Å². The fourth-order valence-corrected chi connectivity index (χ4v) is 2.13. The molecule has 0 saturated heterocycles. The van der Waals surface area contributed by atoms with E-state index in [9.17, 15) is 9.59 Å². The molecule has 0 spiro atoms. The first kappa shape index (κ1) is 17.9. The standard InChI is InChI=1S/C14H29N3O2/c1-4-5-6-17(10-13(16)18)14(19)8-12(9-15)7-11(2)3/h11-12H,4-10,15H2,1-3H3,(H2,16,18). The number of carbonyl (C=O) groups is 2. The number of carbonyl (C=O) groups excluding carboxylic acids is 2. The number of nitrogens with two attached hydrogens (primary N) is 2. The van der Waals surface area contributed by atoms with Crippen LogP contribution < -0.4 is 11.5 Å². The number of nitrogens with zero attached hydrogens (tertiary/aromatic N) is 1. The van der Waals surface area contributed by atoms with Gasteiger partial charge in [0.2, 0.25) is 11.8 Å². The molecule has 0 heterocycles. The molecule has 0 aromatic carbocycles. The van der Waals surface area contributed by atoms with Crippen molar-refractivity contribution in [1.82, 2.24) is 4.90 Å². The fourth-order valence-electron chi connectivity index (χ4n) is 2.13. The third-order valence-corrected chi connectivity index (χ3v) is 3.08. The first-order valence-electron chi connectivity index (χ1n) is 7.16. The minimum atomic E-state index is -0.461. The smallest absolute Gasteiger partial charge is 0.237 e. The highest BCUT2D eigenvalue weighted by molar-refractivity contribution is 5.83. The number of primary amides is 1. The molecular weight excluding hydrogens is 242 g/mol. The van der Waals surface area contributed by atoms with E-state index < -0.39 is 5.91 Å². The Morgan fingerprint density at radius 2 is 1.89 bits per heavy atom. The zero-order chi connectivity index (χ0) is 14.8. The molecular formula is C14H29N3O2. The van der Waals surface area contributed by atoms with Gasteiger partial charge in [-0.25, -0.2) is 0 Å². The number of hydrogen-bond donors (Lipinski definition) is 2. The van der Waals surface area contributed by atoms with Crippen LogP contribution in [0.2, 0.25) is 0 Å². The van der Waals surface area contributed by atoms with E-state index in [1.54, 1.807) is 4.90 Å². The van der Waals surface area contributed by atoms with Gasteiger partial charge in [-0.1, -0.05) is 27.2 Å². The van der Waals surface area contributed by atoms with Crippen molar-refractivity contribution in [2.45, 2.75) is 46.5 Å². The van der Waals surface area contributed by atoms with Gasteiger partial charge in [0.05, 0.1) is 6.54 Å². The van der Waals surface area contributed by atoms with Crippen LogP contribution in [-0.4, -0.2) is 36.3 Å². The van der Waals surface area contributed by atoms with Gasteiger partial charge in [0.15, 0.2) is 0 Å². The fraction of sp³-hybridized carbons (Fsp3) is 0.857. The number of unbranched alkanes of at least 4 members (excludes halogenated alkanes) is 1. The zero-order valence-corrected chi connectivity index (χ0v) is 12.5. The molecule has 0 aliphatic carbocycles. The Morgan fingerprint density at radius 1 is 1.26 bits per heavy atom. The summed E-state index contributed by atoms with van der Waals surface area (Å²) in [6.07, 6.45) is 3.21. The molecule has 0 aliphatic heterocycles. The van der Waals surface area contributed by atoms with Crippen LogP contribution in [0.15, 0.2) is 0 Å². The molecule has 1 atom stereocenters. The summed E-state index contributed by atoms with van der Waals surface area (Å²) < 4.78 is 0. The summed E-state index contributed by atoms with van der Waals surface area (Å²) in [6.45, 7) is 7.39. The van der Waals surface area contributed by atoms with Crippen LogP contribution >= 0.6 is 0 Å². The van der Waals surface area contributed by atoms with Crippen LogP contribution in [-0.2, 0) is 9.59 Å². The molecule has 5 nitrogen and oxygen atoms in total. The van der Waals surface area contributed by atoms with Crippen LogP contribution in [0.1, 0.15) is 46.5 Å². The molecule has 5 heteroatoms. The lowest BCUT2D eigenvalue weighted by Gasteiger charge is -2.24. The predicted octanol–water partition coefficient (Wildman–Crippen LogP) is 1.11. The van der Waals surface area contributed by atoms with E-state index in [-0.39, 0.29) is 18.4 Å². The molecule has 0 fully saturated rings. The molecule has 0 aromatic heterocycles. The van der Waals surface area contributed by atoms with Gasteiger partial charge in [0, 0.05) is 13.0 Å². The third-order valence-electron chi connectivity index (χ3n) is 3.08. The van der Waals surface area contributed by atoms with E-state index in [2.05, 4.69) is 13.8 Å². The average molecular weight is 271 g/mol. The summed E-state index contributed by atoms with van der Waals surface area (Å²) >= 11 is 0. The molecule has 112 valence electrons. The van der Waals surface area contributed by atoms with Gasteiger partial charge in [0.25, 0.3) is 0 Å². The normalized spacial score (nSPS) is 12.5. The third kappa shape index (κ3) is 8.59. The minimum Gasteiger partial charge on any atom is -0.368 e. The quantitative estimate of drug-likeness (QED) is 0.623. The van der Waals surface area contributed by atoms with E-state index in [1.807, 2.05) is 6.92 Å². The van der Waals surface area contributed by atoms with Crippen molar-refractivity contribution >= 4 is 11.8 Å². The highest BCUT2D eigenvalue weighted by atomic mass is 16.2. The average Bonchev–Trinajstić information content (AvgIpc) is 2.32. The van der Waals surface area contributed by atoms with E-state index in [1.165, 1.54) is 0 Å². The first-order chi connectivity index (χ1) is 8.90. The van der Waals surface area contributed by atoms with Crippen LogP contribution in [0, 0.1) is 11.8 Å². The predicted molar refractivity (Wildman–Crippen MR) is 77.3 cm³/mol. The van der Waals surface area contributed by atoms with E-state index in [4.69, 9.17) is 11.5 Å². The van der Waals surface area contributed by atoms with Crippen molar-refractivity contribution in [1.29, 1.82) is 0 Å². The summed E-state index contributed by atoms with van der Waals surface area (Å²) in [4.78, 5) is 24.8. The molecule has 0 aliphatic rings. The van der Waals surface area contributed by atoms with Crippen molar-refractivity contribution in [3.63, 3.8) is 0 Å². The second kappa shape index (κ2) is 9.78. The topological polar surface area (TPSA) is 89.4 Å². The summed E-state index contributed by atoms with van der Waals surface area (Å²) in [5, 5.41) is 0. The molecule has 2 amide bonds. The Kier molecular flexibility index (Phi) is 9.21. The first-order valence-corrected chi connectivity index (χ1v) is 7.16. The lowest BCUT2D eigenvalue weighted by molar-refractivity contribution is -0.136. The number of rotatable bonds is 10. The Bertz CT molecular complexity index is 280. The molecule has 4 N–H and O–H groups in total. The van der Waals surface area contributed by atoms with Crippen molar-refractivity contribution < 1.29 is 9.59 Å². The lowest BCUT2D eigenvalue weighted by atomic mass is 9.93. The van der Waals surface area contributed by atoms with Crippen LogP contribution in [0.25, 0.3) is 0 Å². The van der Waals surface area contributed by atoms with Crippen LogP contribution in [0.4, 0.5) is 0 Å². The number of amides is 2. The second-order valence-corrected chi connectivity index (χ2v) is 5.57. The molecule has 1 unspecified atom stereocenters. The highest BCUT2D eigenvalue weighted by Crippen LogP contribution is 2.15. The molecule has 0 bridgehead atoms. The van der Waals surface area contributed by atoms with E-state index in [0.717, 1.165) is 19.3 Å². The summed E-state index contributed by atoms with van der Waals surface area (Å²) in [5.74, 6) is 0.229. The number of hydrogen-bond acceptors (Lipinski definition) is 3. The Labute approximate surface area is 116 Å². The minimum absolute atomic E-state index is 0.0108. The maximum absolute atomic E-state index is 12.2.